The predicted octanol–water partition coefficient (Wildman–Crippen LogP) is 1.96. The summed E-state index contributed by atoms with van der Waals surface area (Å²) < 4.78 is 23.6. The summed E-state index contributed by atoms with van der Waals surface area (Å²) >= 11 is 0. The molecule has 0 aliphatic rings. The molecular formula is C11H16FNO2. The van der Waals surface area contributed by atoms with Crippen LogP contribution in [0.3, 0.4) is 0 Å². The number of rotatable bonds is 6. The van der Waals surface area contributed by atoms with Crippen molar-refractivity contribution in [2.45, 2.75) is 13.5 Å². The van der Waals surface area contributed by atoms with E-state index in [0.717, 1.165) is 0 Å². The van der Waals surface area contributed by atoms with Crippen LogP contribution in [0.1, 0.15) is 12.5 Å². The van der Waals surface area contributed by atoms with Gasteiger partial charge in [0.15, 0.2) is 0 Å². The molecule has 0 aromatic heterocycles. The molecule has 4 heteroatoms. The summed E-state index contributed by atoms with van der Waals surface area (Å²) in [5.41, 5.74) is 6.44. The van der Waals surface area contributed by atoms with E-state index in [9.17, 15) is 4.39 Å². The molecule has 0 heterocycles. The second-order valence-electron chi connectivity index (χ2n) is 3.06. The van der Waals surface area contributed by atoms with Gasteiger partial charge in [-0.25, -0.2) is 4.39 Å². The average Bonchev–Trinajstić information content (AvgIpc) is 2.21. The molecule has 1 aromatic rings. The fraction of sp³-hybridized carbons (Fsp3) is 0.455. The molecule has 15 heavy (non-hydrogen) atoms. The molecule has 84 valence electrons. The van der Waals surface area contributed by atoms with E-state index in [1.807, 2.05) is 6.92 Å². The average molecular weight is 213 g/mol. The van der Waals surface area contributed by atoms with Crippen LogP contribution >= 0.6 is 0 Å². The lowest BCUT2D eigenvalue weighted by Crippen LogP contribution is -2.06. The van der Waals surface area contributed by atoms with E-state index < -0.39 is 0 Å². The summed E-state index contributed by atoms with van der Waals surface area (Å²) in [6.45, 7) is 3.72. The summed E-state index contributed by atoms with van der Waals surface area (Å²) in [7, 11) is 0. The maximum Gasteiger partial charge on any atom is 0.130 e. The van der Waals surface area contributed by atoms with E-state index in [-0.39, 0.29) is 12.4 Å². The topological polar surface area (TPSA) is 44.5 Å². The Bertz CT molecular complexity index is 284. The lowest BCUT2D eigenvalue weighted by atomic mass is 10.2. The van der Waals surface area contributed by atoms with E-state index in [2.05, 4.69) is 0 Å². The zero-order chi connectivity index (χ0) is 11.1. The molecule has 0 atom stereocenters. The number of ether oxygens (including phenoxy) is 2. The third-order valence-electron chi connectivity index (χ3n) is 1.98. The number of hydrogen-bond acceptors (Lipinski definition) is 3. The van der Waals surface area contributed by atoms with Crippen LogP contribution in [0.2, 0.25) is 0 Å². The van der Waals surface area contributed by atoms with Crippen molar-refractivity contribution in [2.75, 3.05) is 25.6 Å². The van der Waals surface area contributed by atoms with Gasteiger partial charge in [0.25, 0.3) is 0 Å². The standard InChI is InChI=1S/C11H16FNO2/c1-2-14-6-7-15-8-9-10(12)4-3-5-11(9)13/h3-5H,2,6-8,13H2,1H3. The summed E-state index contributed by atoms with van der Waals surface area (Å²) in [5.74, 6) is -0.327. The van der Waals surface area contributed by atoms with Crippen molar-refractivity contribution in [3.05, 3.63) is 29.6 Å². The fourth-order valence-corrected chi connectivity index (χ4v) is 1.16. The van der Waals surface area contributed by atoms with Crippen molar-refractivity contribution in [3.63, 3.8) is 0 Å². The lowest BCUT2D eigenvalue weighted by Gasteiger charge is -2.07. The molecule has 0 amide bonds. The Morgan fingerprint density at radius 3 is 2.67 bits per heavy atom. The van der Waals surface area contributed by atoms with Gasteiger partial charge < -0.3 is 15.2 Å². The van der Waals surface area contributed by atoms with Crippen molar-refractivity contribution in [1.82, 2.24) is 0 Å². The number of halogens is 1. The Labute approximate surface area is 89.0 Å². The minimum atomic E-state index is -0.327. The molecular weight excluding hydrogens is 197 g/mol. The zero-order valence-electron chi connectivity index (χ0n) is 8.83. The van der Waals surface area contributed by atoms with Crippen LogP contribution in [0.5, 0.6) is 0 Å². The highest BCUT2D eigenvalue weighted by Crippen LogP contribution is 2.16. The highest BCUT2D eigenvalue weighted by atomic mass is 19.1. The van der Waals surface area contributed by atoms with Crippen molar-refractivity contribution in [1.29, 1.82) is 0 Å². The highest BCUT2D eigenvalue weighted by Gasteiger charge is 2.05. The van der Waals surface area contributed by atoms with E-state index in [0.29, 0.717) is 31.1 Å². The lowest BCUT2D eigenvalue weighted by molar-refractivity contribution is 0.0445. The van der Waals surface area contributed by atoms with Gasteiger partial charge in [-0.1, -0.05) is 6.07 Å². The Hall–Kier alpha value is -1.13. The van der Waals surface area contributed by atoms with Gasteiger partial charge in [0.1, 0.15) is 5.82 Å². The highest BCUT2D eigenvalue weighted by molar-refractivity contribution is 5.46. The third-order valence-corrected chi connectivity index (χ3v) is 1.98. The number of anilines is 1. The van der Waals surface area contributed by atoms with Crippen molar-refractivity contribution < 1.29 is 13.9 Å². The van der Waals surface area contributed by atoms with E-state index in [4.69, 9.17) is 15.2 Å². The number of nitrogen functional groups attached to an aromatic ring is 1. The molecule has 0 radical (unpaired) electrons. The Kier molecular flexibility index (Phi) is 5.07. The molecule has 1 rings (SSSR count). The monoisotopic (exact) mass is 213 g/mol. The van der Waals surface area contributed by atoms with Crippen LogP contribution in [0.15, 0.2) is 18.2 Å². The Balaban J connectivity index is 2.37. The molecule has 0 bridgehead atoms. The van der Waals surface area contributed by atoms with Gasteiger partial charge in [-0.2, -0.15) is 0 Å². The summed E-state index contributed by atoms with van der Waals surface area (Å²) in [4.78, 5) is 0. The maximum atomic E-state index is 13.2. The first-order valence-corrected chi connectivity index (χ1v) is 4.94. The van der Waals surface area contributed by atoms with Crippen LogP contribution in [0.4, 0.5) is 10.1 Å². The molecule has 0 aliphatic heterocycles. The van der Waals surface area contributed by atoms with Gasteiger partial charge in [-0.15, -0.1) is 0 Å². The van der Waals surface area contributed by atoms with Gasteiger partial charge in [0.2, 0.25) is 0 Å². The second kappa shape index (κ2) is 6.37. The molecule has 0 spiro atoms. The zero-order valence-corrected chi connectivity index (χ0v) is 8.83. The molecule has 0 saturated heterocycles. The summed E-state index contributed by atoms with van der Waals surface area (Å²) in [5, 5.41) is 0. The number of hydrogen-bond donors (Lipinski definition) is 1. The Morgan fingerprint density at radius 1 is 1.27 bits per heavy atom. The molecule has 0 saturated carbocycles. The van der Waals surface area contributed by atoms with E-state index in [1.54, 1.807) is 12.1 Å². The minimum Gasteiger partial charge on any atom is -0.398 e. The smallest absolute Gasteiger partial charge is 0.130 e. The largest absolute Gasteiger partial charge is 0.398 e. The van der Waals surface area contributed by atoms with Gasteiger partial charge in [-0.05, 0) is 19.1 Å². The normalized spacial score (nSPS) is 10.5. The van der Waals surface area contributed by atoms with E-state index >= 15 is 0 Å². The van der Waals surface area contributed by atoms with Crippen LogP contribution < -0.4 is 5.73 Å². The number of benzene rings is 1. The molecule has 2 N–H and O–H groups in total. The quantitative estimate of drug-likeness (QED) is 0.580. The van der Waals surface area contributed by atoms with Crippen LogP contribution in [0.25, 0.3) is 0 Å². The first kappa shape index (κ1) is 11.9. The second-order valence-corrected chi connectivity index (χ2v) is 3.06. The maximum absolute atomic E-state index is 13.2. The molecule has 1 aromatic carbocycles. The van der Waals surface area contributed by atoms with Gasteiger partial charge in [0.05, 0.1) is 19.8 Å². The minimum absolute atomic E-state index is 0.186. The van der Waals surface area contributed by atoms with Crippen molar-refractivity contribution >= 4 is 5.69 Å². The molecule has 3 nitrogen and oxygen atoms in total. The van der Waals surface area contributed by atoms with Crippen molar-refractivity contribution in [3.8, 4) is 0 Å². The predicted molar refractivity (Wildman–Crippen MR) is 57.0 cm³/mol. The first-order chi connectivity index (χ1) is 7.25. The summed E-state index contributed by atoms with van der Waals surface area (Å²) in [6, 6.07) is 4.61. The van der Waals surface area contributed by atoms with Crippen LogP contribution in [-0.2, 0) is 16.1 Å². The Morgan fingerprint density at radius 2 is 2.00 bits per heavy atom. The number of nitrogens with two attached hydrogens (primary N) is 1. The SMILES string of the molecule is CCOCCOCc1c(N)cccc1F. The molecule has 0 unspecified atom stereocenters. The first-order valence-electron chi connectivity index (χ1n) is 4.94. The van der Waals surface area contributed by atoms with Crippen LogP contribution in [0, 0.1) is 5.82 Å². The van der Waals surface area contributed by atoms with Gasteiger partial charge >= 0.3 is 0 Å². The van der Waals surface area contributed by atoms with Gasteiger partial charge in [0, 0.05) is 17.9 Å². The van der Waals surface area contributed by atoms with Crippen molar-refractivity contribution in [2.24, 2.45) is 0 Å². The van der Waals surface area contributed by atoms with Crippen LogP contribution in [-0.4, -0.2) is 19.8 Å². The molecule has 0 fully saturated rings. The fourth-order valence-electron chi connectivity index (χ4n) is 1.16. The summed E-state index contributed by atoms with van der Waals surface area (Å²) in [6.07, 6.45) is 0. The molecule has 0 aliphatic carbocycles. The van der Waals surface area contributed by atoms with E-state index in [1.165, 1.54) is 6.07 Å². The van der Waals surface area contributed by atoms with Gasteiger partial charge in [-0.3, -0.25) is 0 Å². The third kappa shape index (κ3) is 3.85.